The van der Waals surface area contributed by atoms with Gasteiger partial charge in [-0.3, -0.25) is 9.10 Å². The first-order valence-electron chi connectivity index (χ1n) is 10.3. The Kier molecular flexibility index (Phi) is 6.40. The van der Waals surface area contributed by atoms with Crippen LogP contribution in [0.2, 0.25) is 0 Å². The summed E-state index contributed by atoms with van der Waals surface area (Å²) >= 11 is 0. The number of nitrogens with zero attached hydrogens (tertiary/aromatic N) is 1. The van der Waals surface area contributed by atoms with Crippen molar-refractivity contribution in [3.05, 3.63) is 96.6 Å². The predicted molar refractivity (Wildman–Crippen MR) is 127 cm³/mol. The van der Waals surface area contributed by atoms with E-state index >= 15 is 0 Å². The van der Waals surface area contributed by atoms with E-state index in [1.54, 1.807) is 30.3 Å². The van der Waals surface area contributed by atoms with Gasteiger partial charge in [0.15, 0.2) is 0 Å². The summed E-state index contributed by atoms with van der Waals surface area (Å²) in [6.07, 6.45) is -4.71. The highest BCUT2D eigenvalue weighted by molar-refractivity contribution is 7.93. The van der Waals surface area contributed by atoms with E-state index < -0.39 is 34.2 Å². The van der Waals surface area contributed by atoms with Crippen molar-refractivity contribution in [2.24, 2.45) is 0 Å². The van der Waals surface area contributed by atoms with Gasteiger partial charge in [0.1, 0.15) is 12.3 Å². The van der Waals surface area contributed by atoms with E-state index in [4.69, 9.17) is 0 Å². The van der Waals surface area contributed by atoms with Crippen molar-refractivity contribution in [3.8, 4) is 5.75 Å². The van der Waals surface area contributed by atoms with Crippen LogP contribution >= 0.6 is 0 Å². The van der Waals surface area contributed by atoms with E-state index in [1.807, 2.05) is 0 Å². The van der Waals surface area contributed by atoms with Crippen molar-refractivity contribution in [1.29, 1.82) is 0 Å². The first-order valence-corrected chi connectivity index (χ1v) is 11.8. The molecule has 0 aliphatic carbocycles. The van der Waals surface area contributed by atoms with E-state index in [2.05, 4.69) is 5.32 Å². The minimum absolute atomic E-state index is 0.0351. The number of anilines is 2. The largest absolute Gasteiger partial charge is 0.508 e. The van der Waals surface area contributed by atoms with Crippen molar-refractivity contribution in [3.63, 3.8) is 0 Å². The van der Waals surface area contributed by atoms with Gasteiger partial charge in [-0.25, -0.2) is 8.42 Å². The van der Waals surface area contributed by atoms with Crippen LogP contribution in [0.15, 0.2) is 95.9 Å². The number of amides is 1. The van der Waals surface area contributed by atoms with Gasteiger partial charge in [0.25, 0.3) is 10.0 Å². The summed E-state index contributed by atoms with van der Waals surface area (Å²) in [5, 5.41) is 12.9. The van der Waals surface area contributed by atoms with Gasteiger partial charge in [-0.1, -0.05) is 42.5 Å². The lowest BCUT2D eigenvalue weighted by Gasteiger charge is -2.25. The quantitative estimate of drug-likeness (QED) is 0.347. The smallest absolute Gasteiger partial charge is 0.416 e. The Balaban J connectivity index is 1.79. The molecule has 2 N–H and O–H groups in total. The molecule has 6 nitrogen and oxygen atoms in total. The Morgan fingerprint density at radius 1 is 0.886 bits per heavy atom. The van der Waals surface area contributed by atoms with Crippen molar-refractivity contribution in [2.45, 2.75) is 11.1 Å². The summed E-state index contributed by atoms with van der Waals surface area (Å²) in [6.45, 7) is -0.784. The van der Waals surface area contributed by atoms with Crippen molar-refractivity contribution in [2.75, 3.05) is 16.2 Å². The summed E-state index contributed by atoms with van der Waals surface area (Å²) < 4.78 is 68.3. The summed E-state index contributed by atoms with van der Waals surface area (Å²) in [7, 11) is -4.47. The molecule has 0 bridgehead atoms. The van der Waals surface area contributed by atoms with Crippen molar-refractivity contribution in [1.82, 2.24) is 0 Å². The van der Waals surface area contributed by atoms with Gasteiger partial charge in [-0.05, 0) is 53.9 Å². The molecule has 0 heterocycles. The van der Waals surface area contributed by atoms with Crippen molar-refractivity contribution < 1.29 is 31.5 Å². The van der Waals surface area contributed by atoms with Crippen LogP contribution in [0, 0.1) is 0 Å². The average Bonchev–Trinajstić information content (AvgIpc) is 2.83. The summed E-state index contributed by atoms with van der Waals surface area (Å²) in [4.78, 5) is 12.7. The topological polar surface area (TPSA) is 86.7 Å². The number of phenolic OH excluding ortho intramolecular Hbond substituents is 1. The van der Waals surface area contributed by atoms with E-state index in [1.165, 1.54) is 42.5 Å². The number of fused-ring (bicyclic) bond motifs is 1. The van der Waals surface area contributed by atoms with Crippen LogP contribution in [0.5, 0.6) is 5.75 Å². The SMILES string of the molecule is O=C(CN(c1cccc(C(F)(F)F)c1)S(=O)(=O)c1cccc2ccccc12)Nc1ccc(O)cc1. The van der Waals surface area contributed by atoms with Gasteiger partial charge in [0.05, 0.1) is 16.1 Å². The number of benzene rings is 4. The molecule has 0 spiro atoms. The number of carbonyl (C=O) groups is 1. The van der Waals surface area contributed by atoms with Crippen LogP contribution in [0.25, 0.3) is 10.8 Å². The molecule has 0 radical (unpaired) electrons. The van der Waals surface area contributed by atoms with Gasteiger partial charge in [0.2, 0.25) is 5.91 Å². The fraction of sp³-hybridized carbons (Fsp3) is 0.0800. The molecule has 0 fully saturated rings. The molecule has 0 saturated carbocycles. The van der Waals surface area contributed by atoms with E-state index in [-0.39, 0.29) is 22.0 Å². The molecule has 0 atom stereocenters. The van der Waals surface area contributed by atoms with Gasteiger partial charge in [0, 0.05) is 11.1 Å². The molecule has 1 amide bonds. The maximum atomic E-state index is 13.8. The standard InChI is InChI=1S/C25H19F3N2O4S/c26-25(27,28)18-7-4-8-20(15-18)30(16-24(32)29-19-11-13-21(31)14-12-19)35(33,34)23-10-3-6-17-5-1-2-9-22(17)23/h1-15,31H,16H2,(H,29,32). The van der Waals surface area contributed by atoms with Gasteiger partial charge >= 0.3 is 6.18 Å². The zero-order chi connectivity index (χ0) is 25.2. The lowest BCUT2D eigenvalue weighted by Crippen LogP contribution is -2.38. The molecular weight excluding hydrogens is 481 g/mol. The number of carbonyl (C=O) groups excluding carboxylic acids is 1. The van der Waals surface area contributed by atoms with Crippen LogP contribution in [0.3, 0.4) is 0 Å². The lowest BCUT2D eigenvalue weighted by molar-refractivity contribution is -0.137. The lowest BCUT2D eigenvalue weighted by atomic mass is 10.1. The molecule has 4 aromatic carbocycles. The van der Waals surface area contributed by atoms with Gasteiger partial charge < -0.3 is 10.4 Å². The highest BCUT2D eigenvalue weighted by Crippen LogP contribution is 2.34. The predicted octanol–water partition coefficient (Wildman–Crippen LogP) is 5.40. The molecule has 0 aliphatic rings. The highest BCUT2D eigenvalue weighted by atomic mass is 32.2. The molecule has 0 aliphatic heterocycles. The molecule has 4 rings (SSSR count). The Hall–Kier alpha value is -4.05. The number of hydrogen-bond acceptors (Lipinski definition) is 4. The van der Waals surface area contributed by atoms with Crippen molar-refractivity contribution >= 4 is 38.1 Å². The van der Waals surface area contributed by atoms with Crippen LogP contribution in [-0.2, 0) is 21.0 Å². The number of aromatic hydroxyl groups is 1. The van der Waals surface area contributed by atoms with Crippen LogP contribution in [0.1, 0.15) is 5.56 Å². The maximum Gasteiger partial charge on any atom is 0.416 e. The van der Waals surface area contributed by atoms with Crippen LogP contribution in [0.4, 0.5) is 24.5 Å². The highest BCUT2D eigenvalue weighted by Gasteiger charge is 2.33. The second-order valence-corrected chi connectivity index (χ2v) is 9.46. The van der Waals surface area contributed by atoms with Gasteiger partial charge in [-0.2, -0.15) is 13.2 Å². The Labute approximate surface area is 199 Å². The van der Waals surface area contributed by atoms with Gasteiger partial charge in [-0.15, -0.1) is 0 Å². The Morgan fingerprint density at radius 2 is 1.54 bits per heavy atom. The number of alkyl halides is 3. The number of rotatable bonds is 6. The first kappa shape index (κ1) is 24.1. The number of nitrogens with one attached hydrogen (secondary N) is 1. The molecule has 180 valence electrons. The number of hydrogen-bond donors (Lipinski definition) is 2. The third-order valence-corrected chi connectivity index (χ3v) is 7.05. The molecule has 4 aromatic rings. The fourth-order valence-corrected chi connectivity index (χ4v) is 5.20. The Bertz CT molecular complexity index is 1480. The molecule has 35 heavy (non-hydrogen) atoms. The molecule has 0 unspecified atom stereocenters. The maximum absolute atomic E-state index is 13.8. The van der Waals surface area contributed by atoms with Crippen LogP contribution < -0.4 is 9.62 Å². The zero-order valence-corrected chi connectivity index (χ0v) is 18.8. The minimum atomic E-state index is -4.71. The molecule has 0 aromatic heterocycles. The number of halogens is 3. The summed E-state index contributed by atoms with van der Waals surface area (Å²) in [5.41, 5.74) is -1.08. The fourth-order valence-electron chi connectivity index (χ4n) is 3.57. The Morgan fingerprint density at radius 3 is 2.26 bits per heavy atom. The summed E-state index contributed by atoms with van der Waals surface area (Å²) in [5.74, 6) is -0.816. The normalized spacial score (nSPS) is 11.9. The zero-order valence-electron chi connectivity index (χ0n) is 18.0. The minimum Gasteiger partial charge on any atom is -0.508 e. The molecular formula is C25H19F3N2O4S. The third-order valence-electron chi connectivity index (χ3n) is 5.22. The van der Waals surface area contributed by atoms with E-state index in [9.17, 15) is 31.5 Å². The molecule has 0 saturated heterocycles. The second-order valence-electron chi connectivity index (χ2n) is 7.63. The number of phenols is 1. The van der Waals surface area contributed by atoms with E-state index in [0.29, 0.717) is 21.1 Å². The van der Waals surface area contributed by atoms with E-state index in [0.717, 1.165) is 12.1 Å². The molecule has 10 heteroatoms. The third kappa shape index (κ3) is 5.22. The van der Waals surface area contributed by atoms with Crippen LogP contribution in [-0.4, -0.2) is 26.0 Å². The average molecular weight is 500 g/mol. The second kappa shape index (κ2) is 9.30. The summed E-state index contributed by atoms with van der Waals surface area (Å²) in [6, 6.07) is 20.5. The monoisotopic (exact) mass is 500 g/mol. The first-order chi connectivity index (χ1) is 16.6. The number of sulfonamides is 1.